The average Bonchev–Trinajstić information content (AvgIpc) is 3.36. The zero-order valence-electron chi connectivity index (χ0n) is 19.5. The predicted molar refractivity (Wildman–Crippen MR) is 134 cm³/mol. The first-order valence-corrected chi connectivity index (χ1v) is 13.5. The maximum absolute atomic E-state index is 13.1. The molecule has 1 aromatic heterocycles. The van der Waals surface area contributed by atoms with Crippen LogP contribution in [0.15, 0.2) is 52.7 Å². The third-order valence-electron chi connectivity index (χ3n) is 5.37. The molecule has 0 saturated carbocycles. The number of nitrogens with zero attached hydrogens (tertiary/aromatic N) is 2. The van der Waals surface area contributed by atoms with Gasteiger partial charge in [-0.15, -0.1) is 11.3 Å². The molecule has 0 atom stereocenters. The molecule has 186 valence electrons. The summed E-state index contributed by atoms with van der Waals surface area (Å²) in [5.41, 5.74) is 1.71. The van der Waals surface area contributed by atoms with Gasteiger partial charge >= 0.3 is 0 Å². The molecular formula is C24H27N3O6S2. The Morgan fingerprint density at radius 1 is 1.17 bits per heavy atom. The number of sulfonamides is 1. The molecule has 1 saturated heterocycles. The van der Waals surface area contributed by atoms with Gasteiger partial charge in [-0.3, -0.25) is 10.1 Å². The molecule has 1 N–H and O–H groups in total. The Kier molecular flexibility index (Phi) is 8.01. The molecule has 1 aliphatic heterocycles. The highest BCUT2D eigenvalue weighted by Crippen LogP contribution is 2.29. The van der Waals surface area contributed by atoms with Gasteiger partial charge < -0.3 is 14.2 Å². The van der Waals surface area contributed by atoms with Crippen LogP contribution in [0.1, 0.15) is 23.7 Å². The molecule has 0 aliphatic carbocycles. The Balaban J connectivity index is 1.52. The van der Waals surface area contributed by atoms with E-state index in [1.54, 1.807) is 0 Å². The largest absolute Gasteiger partial charge is 0.496 e. The minimum Gasteiger partial charge on any atom is -0.496 e. The van der Waals surface area contributed by atoms with E-state index in [1.165, 1.54) is 41.0 Å². The van der Waals surface area contributed by atoms with Crippen LogP contribution in [-0.4, -0.2) is 63.6 Å². The van der Waals surface area contributed by atoms with E-state index in [-0.39, 0.29) is 29.3 Å². The van der Waals surface area contributed by atoms with Crippen LogP contribution in [0, 0.1) is 0 Å². The predicted octanol–water partition coefficient (Wildman–Crippen LogP) is 3.88. The molecule has 3 aromatic rings. The van der Waals surface area contributed by atoms with Crippen molar-refractivity contribution < 1.29 is 27.4 Å². The summed E-state index contributed by atoms with van der Waals surface area (Å²) in [6, 6.07) is 11.8. The van der Waals surface area contributed by atoms with Crippen LogP contribution in [0.5, 0.6) is 11.5 Å². The third kappa shape index (κ3) is 5.81. The van der Waals surface area contributed by atoms with Crippen molar-refractivity contribution in [2.75, 3.05) is 45.3 Å². The summed E-state index contributed by atoms with van der Waals surface area (Å²) in [5, 5.41) is 4.99. The molecular weight excluding hydrogens is 490 g/mol. The number of hydrogen-bond acceptors (Lipinski definition) is 8. The fourth-order valence-electron chi connectivity index (χ4n) is 3.53. The number of ether oxygens (including phenoxy) is 3. The summed E-state index contributed by atoms with van der Waals surface area (Å²) in [4.78, 5) is 17.6. The zero-order valence-corrected chi connectivity index (χ0v) is 21.2. The summed E-state index contributed by atoms with van der Waals surface area (Å²) >= 11 is 1.28. The van der Waals surface area contributed by atoms with Gasteiger partial charge in [-0.25, -0.2) is 13.4 Å². The van der Waals surface area contributed by atoms with E-state index < -0.39 is 15.9 Å². The van der Waals surface area contributed by atoms with E-state index >= 15 is 0 Å². The molecule has 2 heterocycles. The Morgan fingerprint density at radius 3 is 2.60 bits per heavy atom. The second kappa shape index (κ2) is 11.2. The minimum atomic E-state index is -3.76. The van der Waals surface area contributed by atoms with E-state index in [0.29, 0.717) is 30.6 Å². The van der Waals surface area contributed by atoms with Crippen molar-refractivity contribution >= 4 is 32.4 Å². The lowest BCUT2D eigenvalue weighted by Gasteiger charge is -2.26. The molecule has 1 amide bonds. The molecule has 1 aliphatic rings. The molecule has 11 heteroatoms. The highest BCUT2D eigenvalue weighted by Gasteiger charge is 2.28. The molecule has 0 bridgehead atoms. The van der Waals surface area contributed by atoms with Crippen molar-refractivity contribution in [3.8, 4) is 22.8 Å². The van der Waals surface area contributed by atoms with Crippen LogP contribution >= 0.6 is 11.3 Å². The molecule has 35 heavy (non-hydrogen) atoms. The number of rotatable bonds is 9. The number of morpholine rings is 1. The number of thiazole rings is 1. The van der Waals surface area contributed by atoms with Gasteiger partial charge in [0.1, 0.15) is 11.5 Å². The lowest BCUT2D eigenvalue weighted by atomic mass is 10.2. The van der Waals surface area contributed by atoms with Crippen LogP contribution < -0.4 is 14.8 Å². The average molecular weight is 518 g/mol. The third-order valence-corrected chi connectivity index (χ3v) is 8.02. The summed E-state index contributed by atoms with van der Waals surface area (Å²) in [6.45, 7) is 3.92. The number of benzene rings is 2. The Bertz CT molecular complexity index is 1270. The lowest BCUT2D eigenvalue weighted by molar-refractivity contribution is 0.0730. The van der Waals surface area contributed by atoms with E-state index in [4.69, 9.17) is 14.2 Å². The lowest BCUT2D eigenvalue weighted by Crippen LogP contribution is -2.40. The number of anilines is 1. The normalized spacial score (nSPS) is 14.5. The number of hydrogen-bond donors (Lipinski definition) is 1. The van der Waals surface area contributed by atoms with Gasteiger partial charge in [0.25, 0.3) is 5.91 Å². The fraction of sp³-hybridized carbons (Fsp3) is 0.333. The van der Waals surface area contributed by atoms with Crippen molar-refractivity contribution in [2.24, 2.45) is 0 Å². The maximum Gasteiger partial charge on any atom is 0.261 e. The van der Waals surface area contributed by atoms with Crippen LogP contribution in [-0.2, 0) is 14.8 Å². The Labute approximate surface area is 208 Å². The second-order valence-corrected chi connectivity index (χ2v) is 10.5. The first kappa shape index (κ1) is 25.1. The number of amides is 1. The quantitative estimate of drug-likeness (QED) is 0.459. The van der Waals surface area contributed by atoms with Crippen LogP contribution in [0.25, 0.3) is 11.3 Å². The number of methoxy groups -OCH3 is 1. The van der Waals surface area contributed by atoms with Crippen LogP contribution in [0.4, 0.5) is 5.13 Å². The molecule has 0 spiro atoms. The number of aromatic nitrogens is 1. The van der Waals surface area contributed by atoms with Crippen molar-refractivity contribution in [3.05, 3.63) is 53.4 Å². The van der Waals surface area contributed by atoms with Crippen molar-refractivity contribution in [1.29, 1.82) is 0 Å². The van der Waals surface area contributed by atoms with Crippen molar-refractivity contribution in [1.82, 2.24) is 9.29 Å². The van der Waals surface area contributed by atoms with E-state index in [0.717, 1.165) is 17.7 Å². The van der Waals surface area contributed by atoms with Gasteiger partial charge in [-0.2, -0.15) is 4.31 Å². The van der Waals surface area contributed by atoms with Gasteiger partial charge in [0.15, 0.2) is 5.13 Å². The zero-order chi connectivity index (χ0) is 24.8. The van der Waals surface area contributed by atoms with E-state index in [9.17, 15) is 13.2 Å². The molecule has 4 rings (SSSR count). The minimum absolute atomic E-state index is 0.0237. The highest BCUT2D eigenvalue weighted by molar-refractivity contribution is 7.89. The van der Waals surface area contributed by atoms with E-state index in [1.807, 2.05) is 36.6 Å². The monoisotopic (exact) mass is 517 g/mol. The molecule has 1 fully saturated rings. The maximum atomic E-state index is 13.1. The molecule has 2 aromatic carbocycles. The first-order chi connectivity index (χ1) is 16.9. The van der Waals surface area contributed by atoms with Crippen LogP contribution in [0.2, 0.25) is 0 Å². The van der Waals surface area contributed by atoms with Crippen molar-refractivity contribution in [3.63, 3.8) is 0 Å². The first-order valence-electron chi connectivity index (χ1n) is 11.2. The standard InChI is InChI=1S/C24H27N3O6S2/c1-3-12-33-18-6-4-17(5-7-18)21-16-34-24(25-21)26-23(28)20-15-19(8-9-22(20)31-2)35(29,30)27-10-13-32-14-11-27/h4-9,15-16H,3,10-14H2,1-2H3,(H,25,26,28). The van der Waals surface area contributed by atoms with Gasteiger partial charge in [0.05, 0.1) is 43.1 Å². The summed E-state index contributed by atoms with van der Waals surface area (Å²) in [6.07, 6.45) is 0.934. The second-order valence-electron chi connectivity index (χ2n) is 7.74. The summed E-state index contributed by atoms with van der Waals surface area (Å²) < 4.78 is 43.6. The number of carbonyl (C=O) groups excluding carboxylic acids is 1. The highest BCUT2D eigenvalue weighted by atomic mass is 32.2. The number of nitrogens with one attached hydrogen (secondary N) is 1. The SMILES string of the molecule is CCCOc1ccc(-c2csc(NC(=O)c3cc(S(=O)(=O)N4CCOCC4)ccc3OC)n2)cc1. The summed E-state index contributed by atoms with van der Waals surface area (Å²) in [5.74, 6) is 0.548. The van der Waals surface area contributed by atoms with E-state index in [2.05, 4.69) is 10.3 Å². The number of carbonyl (C=O) groups is 1. The molecule has 0 radical (unpaired) electrons. The topological polar surface area (TPSA) is 107 Å². The molecule has 9 nitrogen and oxygen atoms in total. The van der Waals surface area contributed by atoms with Gasteiger partial charge in [0, 0.05) is 24.0 Å². The Hall–Kier alpha value is -2.99. The van der Waals surface area contributed by atoms with Crippen molar-refractivity contribution in [2.45, 2.75) is 18.2 Å². The summed E-state index contributed by atoms with van der Waals surface area (Å²) in [7, 11) is -2.33. The van der Waals surface area contributed by atoms with Gasteiger partial charge in [0.2, 0.25) is 10.0 Å². The van der Waals surface area contributed by atoms with Gasteiger partial charge in [-0.1, -0.05) is 6.92 Å². The smallest absolute Gasteiger partial charge is 0.261 e. The fourth-order valence-corrected chi connectivity index (χ4v) is 5.68. The van der Waals surface area contributed by atoms with Crippen LogP contribution in [0.3, 0.4) is 0 Å². The Morgan fingerprint density at radius 2 is 1.91 bits per heavy atom. The molecule has 0 unspecified atom stereocenters. The van der Waals surface area contributed by atoms with Gasteiger partial charge in [-0.05, 0) is 48.9 Å².